The van der Waals surface area contributed by atoms with Gasteiger partial charge < -0.3 is 14.5 Å². The van der Waals surface area contributed by atoms with Crippen molar-refractivity contribution in [3.05, 3.63) is 18.2 Å². The third kappa shape index (κ3) is 3.62. The van der Waals surface area contributed by atoms with Crippen LogP contribution in [0.5, 0.6) is 0 Å². The van der Waals surface area contributed by atoms with Gasteiger partial charge in [-0.25, -0.2) is 9.78 Å². The Balaban J connectivity index is 2.11. The highest BCUT2D eigenvalue weighted by molar-refractivity contribution is 7.99. The normalized spacial score (nSPS) is 10.6. The summed E-state index contributed by atoms with van der Waals surface area (Å²) in [5.41, 5.74) is 1.64. The number of fused-ring (bicyclic) bond motifs is 1. The smallest absolute Gasteiger partial charge is 0.413 e. The summed E-state index contributed by atoms with van der Waals surface area (Å²) in [7, 11) is 1.31. The van der Waals surface area contributed by atoms with Crippen LogP contribution in [0.25, 0.3) is 11.0 Å². The zero-order valence-electron chi connectivity index (χ0n) is 10.7. The lowest BCUT2D eigenvalue weighted by atomic mass is 10.3. The molecule has 0 fully saturated rings. The Labute approximate surface area is 114 Å². The molecule has 2 aromatic rings. The number of hydrogen-bond donors (Lipinski definition) is 2. The van der Waals surface area contributed by atoms with Gasteiger partial charge in [0.25, 0.3) is 0 Å². The van der Waals surface area contributed by atoms with E-state index < -0.39 is 6.09 Å². The molecule has 1 heterocycles. The number of aromatic amines is 1. The second kappa shape index (κ2) is 6.44. The number of ether oxygens (including phenoxy) is 2. The van der Waals surface area contributed by atoms with Crippen LogP contribution < -0.4 is 5.32 Å². The van der Waals surface area contributed by atoms with Gasteiger partial charge in [0.15, 0.2) is 0 Å². The lowest BCUT2D eigenvalue weighted by Gasteiger charge is -2.01. The zero-order valence-corrected chi connectivity index (χ0v) is 11.5. The van der Waals surface area contributed by atoms with Gasteiger partial charge >= 0.3 is 6.09 Å². The van der Waals surface area contributed by atoms with E-state index >= 15 is 0 Å². The highest BCUT2D eigenvalue weighted by atomic mass is 32.2. The molecule has 102 valence electrons. The molecule has 2 N–H and O–H groups in total. The molecule has 7 heteroatoms. The number of nitrogens with zero attached hydrogens (tertiary/aromatic N) is 1. The minimum Gasteiger partial charge on any atom is -0.453 e. The first-order valence-electron chi connectivity index (χ1n) is 5.78. The van der Waals surface area contributed by atoms with Crippen molar-refractivity contribution in [2.45, 2.75) is 11.8 Å². The first-order valence-corrected chi connectivity index (χ1v) is 6.76. The first kappa shape index (κ1) is 13.7. The van der Waals surface area contributed by atoms with Crippen LogP contribution in [-0.4, -0.2) is 35.7 Å². The number of rotatable bonds is 5. The average Bonchev–Trinajstić information content (AvgIpc) is 2.80. The number of anilines is 1. The molecule has 0 spiro atoms. The summed E-state index contributed by atoms with van der Waals surface area (Å²) in [6, 6.07) is 5.83. The molecule has 1 aromatic heterocycles. The highest BCUT2D eigenvalue weighted by Gasteiger charge is 2.07. The fraction of sp³-hybridized carbons (Fsp3) is 0.333. The number of nitrogens with one attached hydrogen (secondary N) is 2. The van der Waals surface area contributed by atoms with Crippen molar-refractivity contribution in [1.82, 2.24) is 9.97 Å². The lowest BCUT2D eigenvalue weighted by Crippen LogP contribution is -2.11. The average molecular weight is 281 g/mol. The molecule has 6 nitrogen and oxygen atoms in total. The highest BCUT2D eigenvalue weighted by Crippen LogP contribution is 2.23. The number of imidazole rings is 1. The number of thioether (sulfide) groups is 1. The van der Waals surface area contributed by atoms with E-state index in [4.69, 9.17) is 4.74 Å². The van der Waals surface area contributed by atoms with E-state index in [1.807, 2.05) is 25.1 Å². The summed E-state index contributed by atoms with van der Waals surface area (Å²) in [5.74, 6) is 0.984. The van der Waals surface area contributed by atoms with Crippen molar-refractivity contribution in [1.29, 1.82) is 0 Å². The summed E-state index contributed by atoms with van der Waals surface area (Å²) in [6.45, 7) is 2.66. The fourth-order valence-corrected chi connectivity index (χ4v) is 2.23. The molecule has 0 aliphatic carbocycles. The molecule has 0 radical (unpaired) electrons. The van der Waals surface area contributed by atoms with Gasteiger partial charge in [0, 0.05) is 11.5 Å². The van der Waals surface area contributed by atoms with Crippen molar-refractivity contribution < 1.29 is 14.3 Å². The third-order valence-electron chi connectivity index (χ3n) is 2.37. The number of methoxy groups -OCH3 is 1. The molecule has 0 unspecified atom stereocenters. The van der Waals surface area contributed by atoms with Crippen molar-refractivity contribution in [3.8, 4) is 0 Å². The van der Waals surface area contributed by atoms with E-state index in [-0.39, 0.29) is 0 Å². The molecule has 0 saturated heterocycles. The zero-order chi connectivity index (χ0) is 13.7. The Morgan fingerprint density at radius 1 is 1.53 bits per heavy atom. The van der Waals surface area contributed by atoms with Gasteiger partial charge in [-0.3, -0.25) is 5.32 Å². The first-order chi connectivity index (χ1) is 9.22. The maximum Gasteiger partial charge on any atom is 0.413 e. The van der Waals surface area contributed by atoms with Gasteiger partial charge in [-0.2, -0.15) is 0 Å². The summed E-state index contributed by atoms with van der Waals surface area (Å²) >= 11 is 1.61. The van der Waals surface area contributed by atoms with E-state index in [9.17, 15) is 4.79 Å². The van der Waals surface area contributed by atoms with Crippen LogP contribution in [0, 0.1) is 0 Å². The molecule has 1 amide bonds. The van der Waals surface area contributed by atoms with Gasteiger partial charge in [-0.05, 0) is 25.1 Å². The number of H-pyrrole nitrogens is 1. The van der Waals surface area contributed by atoms with Gasteiger partial charge in [-0.15, -0.1) is 0 Å². The second-order valence-corrected chi connectivity index (χ2v) is 4.63. The Morgan fingerprint density at radius 2 is 2.37 bits per heavy atom. The predicted octanol–water partition coefficient (Wildman–Crippen LogP) is 2.83. The van der Waals surface area contributed by atoms with Crippen LogP contribution in [0.1, 0.15) is 6.92 Å². The Morgan fingerprint density at radius 3 is 3.11 bits per heavy atom. The molecule has 1 aromatic carbocycles. The number of amides is 1. The van der Waals surface area contributed by atoms with Crippen LogP contribution in [0.15, 0.2) is 23.1 Å². The maximum absolute atomic E-state index is 11.1. The molecular weight excluding hydrogens is 266 g/mol. The van der Waals surface area contributed by atoms with E-state index in [0.717, 1.165) is 15.9 Å². The summed E-state index contributed by atoms with van der Waals surface area (Å²) in [5, 5.41) is 2.49. The molecule has 0 atom stereocenters. The molecule has 0 aliphatic heterocycles. The number of benzene rings is 1. The van der Waals surface area contributed by atoms with Crippen molar-refractivity contribution in [2.24, 2.45) is 0 Å². The van der Waals surface area contributed by atoms with Gasteiger partial charge in [-0.1, -0.05) is 11.8 Å². The SMILES string of the molecule is CCOCSc1ccc2nc(NC(=O)OC)[nH]c2c1. The maximum atomic E-state index is 11.1. The van der Waals surface area contributed by atoms with Gasteiger partial charge in [0.1, 0.15) is 0 Å². The lowest BCUT2D eigenvalue weighted by molar-refractivity contribution is 0.186. The Hall–Kier alpha value is -1.73. The summed E-state index contributed by atoms with van der Waals surface area (Å²) in [6.07, 6.45) is -0.551. The van der Waals surface area contributed by atoms with Gasteiger partial charge in [0.2, 0.25) is 5.95 Å². The van der Waals surface area contributed by atoms with E-state index in [2.05, 4.69) is 20.0 Å². The molecule has 19 heavy (non-hydrogen) atoms. The van der Waals surface area contributed by atoms with Crippen LogP contribution in [0.2, 0.25) is 0 Å². The molecule has 0 saturated carbocycles. The van der Waals surface area contributed by atoms with Crippen molar-refractivity contribution >= 4 is 34.8 Å². The van der Waals surface area contributed by atoms with Crippen molar-refractivity contribution in [2.75, 3.05) is 25.0 Å². The topological polar surface area (TPSA) is 76.2 Å². The quantitative estimate of drug-likeness (QED) is 0.500. The fourth-order valence-electron chi connectivity index (χ4n) is 1.48. The van der Waals surface area contributed by atoms with Gasteiger partial charge in [0.05, 0.1) is 24.1 Å². The monoisotopic (exact) mass is 281 g/mol. The van der Waals surface area contributed by atoms with Crippen molar-refractivity contribution in [3.63, 3.8) is 0 Å². The van der Waals surface area contributed by atoms with E-state index in [1.165, 1.54) is 7.11 Å². The molecule has 0 bridgehead atoms. The van der Waals surface area contributed by atoms with Crippen LogP contribution in [0.4, 0.5) is 10.7 Å². The molecule has 0 aliphatic rings. The standard InChI is InChI=1S/C12H15N3O3S/c1-3-18-7-19-8-4-5-9-10(6-8)14-11(13-9)15-12(16)17-2/h4-6H,3,7H2,1-2H3,(H2,13,14,15,16). The minimum absolute atomic E-state index is 0.369. The summed E-state index contributed by atoms with van der Waals surface area (Å²) < 4.78 is 9.79. The number of hydrogen-bond acceptors (Lipinski definition) is 5. The molecule has 2 rings (SSSR count). The molecular formula is C12H15N3O3S. The number of carbonyl (C=O) groups excluding carboxylic acids is 1. The minimum atomic E-state index is -0.551. The van der Waals surface area contributed by atoms with Crippen LogP contribution >= 0.6 is 11.8 Å². The van der Waals surface area contributed by atoms with Crippen LogP contribution in [-0.2, 0) is 9.47 Å². The third-order valence-corrected chi connectivity index (χ3v) is 3.24. The Kier molecular flexibility index (Phi) is 4.64. The van der Waals surface area contributed by atoms with Crippen LogP contribution in [0.3, 0.4) is 0 Å². The van der Waals surface area contributed by atoms with E-state index in [1.54, 1.807) is 11.8 Å². The van der Waals surface area contributed by atoms with E-state index in [0.29, 0.717) is 18.5 Å². The summed E-state index contributed by atoms with van der Waals surface area (Å²) in [4.78, 5) is 19.4. The number of carbonyl (C=O) groups is 1. The Bertz CT molecular complexity index is 570. The predicted molar refractivity (Wildman–Crippen MR) is 74.5 cm³/mol. The largest absolute Gasteiger partial charge is 0.453 e. The second-order valence-electron chi connectivity index (χ2n) is 3.64. The number of aromatic nitrogens is 2.